The van der Waals surface area contributed by atoms with Crippen molar-refractivity contribution < 1.29 is 9.59 Å². The summed E-state index contributed by atoms with van der Waals surface area (Å²) < 4.78 is 0. The molecule has 2 amide bonds. The Bertz CT molecular complexity index is 713. The number of benzene rings is 2. The number of rotatable bonds is 9. The molecule has 138 valence electrons. The van der Waals surface area contributed by atoms with Crippen molar-refractivity contribution in [2.45, 2.75) is 39.7 Å². The Labute approximate surface area is 156 Å². The van der Waals surface area contributed by atoms with Crippen LogP contribution in [0.5, 0.6) is 0 Å². The van der Waals surface area contributed by atoms with E-state index < -0.39 is 0 Å². The van der Waals surface area contributed by atoms with Gasteiger partial charge in [-0.3, -0.25) is 9.59 Å². The molecular formula is C22H28N2O2. The van der Waals surface area contributed by atoms with Crippen LogP contribution in [0.15, 0.2) is 54.6 Å². The average Bonchev–Trinajstić information content (AvgIpc) is 2.64. The van der Waals surface area contributed by atoms with Crippen molar-refractivity contribution >= 4 is 11.8 Å². The van der Waals surface area contributed by atoms with Crippen LogP contribution < -0.4 is 5.32 Å². The summed E-state index contributed by atoms with van der Waals surface area (Å²) in [7, 11) is 0. The zero-order valence-electron chi connectivity index (χ0n) is 15.7. The van der Waals surface area contributed by atoms with Gasteiger partial charge in [0.2, 0.25) is 11.8 Å². The minimum absolute atomic E-state index is 0.0183. The third-order valence-corrected chi connectivity index (χ3v) is 4.53. The topological polar surface area (TPSA) is 49.4 Å². The molecule has 1 N–H and O–H groups in total. The van der Waals surface area contributed by atoms with E-state index in [4.69, 9.17) is 0 Å². The first-order valence-electron chi connectivity index (χ1n) is 9.17. The van der Waals surface area contributed by atoms with Crippen molar-refractivity contribution in [3.63, 3.8) is 0 Å². The molecule has 0 atom stereocenters. The van der Waals surface area contributed by atoms with E-state index in [9.17, 15) is 9.59 Å². The van der Waals surface area contributed by atoms with E-state index in [2.05, 4.69) is 17.4 Å². The molecular weight excluding hydrogens is 324 g/mol. The Hall–Kier alpha value is -2.62. The summed E-state index contributed by atoms with van der Waals surface area (Å²) >= 11 is 0. The third-order valence-electron chi connectivity index (χ3n) is 4.53. The summed E-state index contributed by atoms with van der Waals surface area (Å²) in [6, 6.07) is 18.2. The number of amides is 2. The summed E-state index contributed by atoms with van der Waals surface area (Å²) in [5.41, 5.74) is 3.55. The van der Waals surface area contributed by atoms with Crippen LogP contribution in [0.2, 0.25) is 0 Å². The van der Waals surface area contributed by atoms with Crippen molar-refractivity contribution in [1.29, 1.82) is 0 Å². The van der Waals surface area contributed by atoms with Gasteiger partial charge in [0.1, 0.15) is 0 Å². The molecule has 4 heteroatoms. The fraction of sp³-hybridized carbons (Fsp3) is 0.364. The van der Waals surface area contributed by atoms with E-state index in [0.717, 1.165) is 18.4 Å². The third kappa shape index (κ3) is 6.71. The molecule has 2 aromatic carbocycles. The summed E-state index contributed by atoms with van der Waals surface area (Å²) in [5, 5.41) is 2.94. The number of hydrogen-bond acceptors (Lipinski definition) is 2. The Kier molecular flexibility index (Phi) is 7.87. The monoisotopic (exact) mass is 352 g/mol. The normalized spacial score (nSPS) is 10.4. The van der Waals surface area contributed by atoms with Crippen LogP contribution >= 0.6 is 0 Å². The number of nitrogens with zero attached hydrogens (tertiary/aromatic N) is 1. The molecule has 0 unspecified atom stereocenters. The highest BCUT2D eigenvalue weighted by Crippen LogP contribution is 2.07. The van der Waals surface area contributed by atoms with Gasteiger partial charge >= 0.3 is 0 Å². The van der Waals surface area contributed by atoms with E-state index in [1.807, 2.05) is 49.4 Å². The van der Waals surface area contributed by atoms with Gasteiger partial charge in [0.05, 0.1) is 0 Å². The van der Waals surface area contributed by atoms with Crippen molar-refractivity contribution in [2.24, 2.45) is 0 Å². The lowest BCUT2D eigenvalue weighted by molar-refractivity contribution is -0.129. The van der Waals surface area contributed by atoms with Gasteiger partial charge in [0.15, 0.2) is 0 Å². The van der Waals surface area contributed by atoms with E-state index in [0.29, 0.717) is 26.1 Å². The van der Waals surface area contributed by atoms with Crippen molar-refractivity contribution in [3.8, 4) is 0 Å². The largest absolute Gasteiger partial charge is 0.352 e. The molecule has 0 radical (unpaired) electrons. The Balaban J connectivity index is 1.72. The van der Waals surface area contributed by atoms with Crippen LogP contribution in [0.3, 0.4) is 0 Å². The highest BCUT2D eigenvalue weighted by molar-refractivity contribution is 5.78. The smallest absolute Gasteiger partial charge is 0.222 e. The van der Waals surface area contributed by atoms with Crippen molar-refractivity contribution in [1.82, 2.24) is 10.2 Å². The molecule has 0 aliphatic rings. The minimum Gasteiger partial charge on any atom is -0.352 e. The van der Waals surface area contributed by atoms with Crippen LogP contribution in [-0.2, 0) is 22.6 Å². The Morgan fingerprint density at radius 1 is 0.962 bits per heavy atom. The first-order valence-corrected chi connectivity index (χ1v) is 9.17. The van der Waals surface area contributed by atoms with E-state index >= 15 is 0 Å². The van der Waals surface area contributed by atoms with Crippen LogP contribution in [0.1, 0.15) is 36.5 Å². The summed E-state index contributed by atoms with van der Waals surface area (Å²) in [6.07, 6.45) is 2.16. The second kappa shape index (κ2) is 10.4. The molecule has 2 aromatic rings. The number of carbonyl (C=O) groups is 2. The highest BCUT2D eigenvalue weighted by atomic mass is 16.2. The summed E-state index contributed by atoms with van der Waals surface area (Å²) in [4.78, 5) is 25.7. The Morgan fingerprint density at radius 2 is 1.65 bits per heavy atom. The maximum absolute atomic E-state index is 12.1. The molecule has 0 aromatic heterocycles. The molecule has 0 heterocycles. The van der Waals surface area contributed by atoms with Gasteiger partial charge in [0.25, 0.3) is 0 Å². The second-order valence-corrected chi connectivity index (χ2v) is 6.55. The van der Waals surface area contributed by atoms with Crippen LogP contribution in [-0.4, -0.2) is 29.8 Å². The van der Waals surface area contributed by atoms with Crippen LogP contribution in [0.25, 0.3) is 0 Å². The minimum atomic E-state index is -0.0254. The van der Waals surface area contributed by atoms with Crippen LogP contribution in [0, 0.1) is 6.92 Å². The second-order valence-electron chi connectivity index (χ2n) is 6.55. The molecule has 0 saturated carbocycles. The van der Waals surface area contributed by atoms with Crippen molar-refractivity contribution in [3.05, 3.63) is 71.3 Å². The lowest BCUT2D eigenvalue weighted by atomic mass is 10.1. The molecule has 4 nitrogen and oxygen atoms in total. The fourth-order valence-corrected chi connectivity index (χ4v) is 2.87. The van der Waals surface area contributed by atoms with Gasteiger partial charge in [-0.1, -0.05) is 54.6 Å². The van der Waals surface area contributed by atoms with Gasteiger partial charge in [-0.05, 0) is 36.5 Å². The molecule has 0 fully saturated rings. The number of hydrogen-bond donors (Lipinski definition) is 1. The van der Waals surface area contributed by atoms with Gasteiger partial charge in [-0.15, -0.1) is 0 Å². The zero-order chi connectivity index (χ0) is 18.8. The standard InChI is InChI=1S/C22H28N2O2/c1-18-9-6-7-13-21(18)17-23-22(26)14-16-24(19(2)25)15-8-12-20-10-4-3-5-11-20/h3-7,9-11,13H,8,12,14-17H2,1-2H3,(H,23,26). The number of nitrogens with one attached hydrogen (secondary N) is 1. The van der Waals surface area contributed by atoms with E-state index in [1.54, 1.807) is 11.8 Å². The molecule has 0 aliphatic heterocycles. The Morgan fingerprint density at radius 3 is 2.35 bits per heavy atom. The number of carbonyl (C=O) groups excluding carboxylic acids is 2. The fourth-order valence-electron chi connectivity index (χ4n) is 2.87. The highest BCUT2D eigenvalue weighted by Gasteiger charge is 2.11. The van der Waals surface area contributed by atoms with Gasteiger partial charge in [-0.25, -0.2) is 0 Å². The molecule has 2 rings (SSSR count). The number of aryl methyl sites for hydroxylation is 2. The molecule has 0 bridgehead atoms. The lowest BCUT2D eigenvalue weighted by Gasteiger charge is -2.21. The SMILES string of the molecule is CC(=O)N(CCCc1ccccc1)CCC(=O)NCc1ccccc1C. The van der Waals surface area contributed by atoms with E-state index in [1.165, 1.54) is 11.1 Å². The molecule has 0 spiro atoms. The first-order chi connectivity index (χ1) is 12.6. The van der Waals surface area contributed by atoms with Gasteiger partial charge < -0.3 is 10.2 Å². The van der Waals surface area contributed by atoms with Crippen molar-refractivity contribution in [2.75, 3.05) is 13.1 Å². The lowest BCUT2D eigenvalue weighted by Crippen LogP contribution is -2.34. The molecule has 0 saturated heterocycles. The summed E-state index contributed by atoms with van der Waals surface area (Å²) in [6.45, 7) is 5.26. The van der Waals surface area contributed by atoms with E-state index in [-0.39, 0.29) is 11.8 Å². The quantitative estimate of drug-likeness (QED) is 0.751. The van der Waals surface area contributed by atoms with Gasteiger partial charge in [-0.2, -0.15) is 0 Å². The first kappa shape index (κ1) is 19.7. The summed E-state index contributed by atoms with van der Waals surface area (Å²) in [5.74, 6) is -0.00710. The van der Waals surface area contributed by atoms with Gasteiger partial charge in [0, 0.05) is 33.0 Å². The zero-order valence-corrected chi connectivity index (χ0v) is 15.7. The predicted octanol–water partition coefficient (Wildman–Crippen LogP) is 3.48. The molecule has 26 heavy (non-hydrogen) atoms. The molecule has 0 aliphatic carbocycles. The van der Waals surface area contributed by atoms with Crippen LogP contribution in [0.4, 0.5) is 0 Å². The maximum atomic E-state index is 12.1. The predicted molar refractivity (Wildman–Crippen MR) is 105 cm³/mol. The maximum Gasteiger partial charge on any atom is 0.222 e. The average molecular weight is 352 g/mol.